The van der Waals surface area contributed by atoms with Gasteiger partial charge in [0.1, 0.15) is 0 Å². The lowest BCUT2D eigenvalue weighted by atomic mass is 9.93. The molecule has 0 spiro atoms. The molecule has 3 aliphatic rings. The predicted octanol–water partition coefficient (Wildman–Crippen LogP) is 1.40. The average Bonchev–Trinajstić information content (AvgIpc) is 3.11. The molecule has 2 aliphatic heterocycles. The van der Waals surface area contributed by atoms with Crippen molar-refractivity contribution in [3.8, 4) is 0 Å². The van der Waals surface area contributed by atoms with Gasteiger partial charge in [-0.1, -0.05) is 6.42 Å². The van der Waals surface area contributed by atoms with Gasteiger partial charge in [0.05, 0.1) is 12.1 Å². The van der Waals surface area contributed by atoms with E-state index in [0.29, 0.717) is 11.8 Å². The summed E-state index contributed by atoms with van der Waals surface area (Å²) in [7, 11) is 0. The predicted molar refractivity (Wildman–Crippen MR) is 73.8 cm³/mol. The second-order valence-corrected chi connectivity index (χ2v) is 6.25. The van der Waals surface area contributed by atoms with E-state index in [1.54, 1.807) is 0 Å². The zero-order chi connectivity index (χ0) is 13.2. The minimum Gasteiger partial charge on any atom is -0.376 e. The van der Waals surface area contributed by atoms with Crippen LogP contribution in [0.1, 0.15) is 39.0 Å². The molecule has 3 rings (SSSR count). The van der Waals surface area contributed by atoms with E-state index >= 15 is 0 Å². The van der Waals surface area contributed by atoms with Gasteiger partial charge >= 0.3 is 0 Å². The quantitative estimate of drug-likeness (QED) is 0.836. The molecular formula is C15H26N2O2. The zero-order valence-electron chi connectivity index (χ0n) is 11.9. The molecule has 1 aliphatic carbocycles. The lowest BCUT2D eigenvalue weighted by Gasteiger charge is -2.29. The van der Waals surface area contributed by atoms with Crippen molar-refractivity contribution >= 4 is 5.91 Å². The Bertz CT molecular complexity index is 328. The Kier molecular flexibility index (Phi) is 4.08. The number of nitrogens with one attached hydrogen (secondary N) is 1. The van der Waals surface area contributed by atoms with Gasteiger partial charge in [0.25, 0.3) is 0 Å². The molecule has 4 nitrogen and oxygen atoms in total. The van der Waals surface area contributed by atoms with E-state index < -0.39 is 0 Å². The summed E-state index contributed by atoms with van der Waals surface area (Å²) in [5.74, 6) is 1.65. The Morgan fingerprint density at radius 2 is 2.21 bits per heavy atom. The molecule has 1 amide bonds. The lowest BCUT2D eigenvalue weighted by Crippen LogP contribution is -2.48. The molecule has 4 heteroatoms. The number of amides is 1. The largest absolute Gasteiger partial charge is 0.376 e. The smallest absolute Gasteiger partial charge is 0.240 e. The first-order chi connectivity index (χ1) is 9.29. The van der Waals surface area contributed by atoms with E-state index in [9.17, 15) is 4.79 Å². The molecule has 4 atom stereocenters. The van der Waals surface area contributed by atoms with Crippen LogP contribution < -0.4 is 5.32 Å². The van der Waals surface area contributed by atoms with Gasteiger partial charge in [-0.05, 0) is 51.0 Å². The number of fused-ring (bicyclic) bond motifs is 1. The number of hydrogen-bond donors (Lipinski definition) is 1. The molecule has 0 aromatic carbocycles. The normalized spacial score (nSPS) is 37.5. The molecule has 2 saturated heterocycles. The molecule has 0 radical (unpaired) electrons. The summed E-state index contributed by atoms with van der Waals surface area (Å²) < 4.78 is 5.67. The minimum atomic E-state index is 0.0776. The molecule has 1 saturated carbocycles. The van der Waals surface area contributed by atoms with Crippen molar-refractivity contribution < 1.29 is 9.53 Å². The number of likely N-dealkylation sites (N-methyl/N-ethyl adjacent to an activating group) is 1. The Morgan fingerprint density at radius 3 is 2.95 bits per heavy atom. The van der Waals surface area contributed by atoms with Crippen LogP contribution in [0.15, 0.2) is 0 Å². The van der Waals surface area contributed by atoms with Crippen molar-refractivity contribution in [1.82, 2.24) is 10.2 Å². The molecule has 2 heterocycles. The van der Waals surface area contributed by atoms with Crippen LogP contribution >= 0.6 is 0 Å². The van der Waals surface area contributed by atoms with Crippen LogP contribution in [0.4, 0.5) is 0 Å². The van der Waals surface area contributed by atoms with Crippen LogP contribution in [0.2, 0.25) is 0 Å². The number of nitrogens with zero attached hydrogens (tertiary/aromatic N) is 1. The third-order valence-electron chi connectivity index (χ3n) is 5.15. The van der Waals surface area contributed by atoms with Crippen molar-refractivity contribution in [1.29, 1.82) is 0 Å². The van der Waals surface area contributed by atoms with E-state index in [1.165, 1.54) is 19.3 Å². The standard InChI is InChI=1S/C15H26N2O2/c1-2-17(10-12-6-4-8-19-12)15(18)14-13-7-3-5-11(13)9-16-14/h11-14,16H,2-10H2,1H3. The molecule has 3 fully saturated rings. The molecule has 4 unspecified atom stereocenters. The molecule has 0 aromatic rings. The van der Waals surface area contributed by atoms with Crippen LogP contribution in [0.3, 0.4) is 0 Å². The maximum absolute atomic E-state index is 12.7. The van der Waals surface area contributed by atoms with Crippen LogP contribution in [0, 0.1) is 11.8 Å². The summed E-state index contributed by atoms with van der Waals surface area (Å²) in [5.41, 5.74) is 0. The highest BCUT2D eigenvalue weighted by molar-refractivity contribution is 5.82. The molecule has 19 heavy (non-hydrogen) atoms. The summed E-state index contributed by atoms with van der Waals surface area (Å²) in [6.45, 7) is 5.56. The second-order valence-electron chi connectivity index (χ2n) is 6.25. The highest BCUT2D eigenvalue weighted by atomic mass is 16.5. The lowest BCUT2D eigenvalue weighted by molar-refractivity contribution is -0.135. The van der Waals surface area contributed by atoms with E-state index in [1.807, 2.05) is 4.90 Å². The third kappa shape index (κ3) is 2.65. The summed E-state index contributed by atoms with van der Waals surface area (Å²) in [6, 6.07) is 0.0776. The molecule has 0 bridgehead atoms. The summed E-state index contributed by atoms with van der Waals surface area (Å²) in [5, 5.41) is 3.47. The van der Waals surface area contributed by atoms with Gasteiger partial charge in [-0.15, -0.1) is 0 Å². The highest BCUT2D eigenvalue weighted by Gasteiger charge is 2.43. The van der Waals surface area contributed by atoms with Crippen LogP contribution in [0.25, 0.3) is 0 Å². The molecule has 1 N–H and O–H groups in total. The van der Waals surface area contributed by atoms with Crippen molar-refractivity contribution in [3.05, 3.63) is 0 Å². The Hall–Kier alpha value is -0.610. The first kappa shape index (κ1) is 13.4. The number of rotatable bonds is 4. The summed E-state index contributed by atoms with van der Waals surface area (Å²) in [6.07, 6.45) is 6.35. The zero-order valence-corrected chi connectivity index (χ0v) is 11.9. The maximum Gasteiger partial charge on any atom is 0.240 e. The monoisotopic (exact) mass is 266 g/mol. The number of hydrogen-bond acceptors (Lipinski definition) is 3. The molecular weight excluding hydrogens is 240 g/mol. The highest BCUT2D eigenvalue weighted by Crippen LogP contribution is 2.38. The first-order valence-electron chi connectivity index (χ1n) is 7.93. The second kappa shape index (κ2) is 5.80. The fraction of sp³-hybridized carbons (Fsp3) is 0.933. The van der Waals surface area contributed by atoms with E-state index in [4.69, 9.17) is 4.74 Å². The number of carbonyl (C=O) groups excluding carboxylic acids is 1. The Morgan fingerprint density at radius 1 is 1.32 bits per heavy atom. The van der Waals surface area contributed by atoms with Crippen molar-refractivity contribution in [2.24, 2.45) is 11.8 Å². The average molecular weight is 266 g/mol. The van der Waals surface area contributed by atoms with Crippen LogP contribution in [-0.4, -0.2) is 49.2 Å². The van der Waals surface area contributed by atoms with Crippen molar-refractivity contribution in [3.63, 3.8) is 0 Å². The van der Waals surface area contributed by atoms with Gasteiger partial charge in [0.15, 0.2) is 0 Å². The summed E-state index contributed by atoms with van der Waals surface area (Å²) in [4.78, 5) is 14.7. The summed E-state index contributed by atoms with van der Waals surface area (Å²) >= 11 is 0. The Labute approximate surface area is 115 Å². The number of ether oxygens (including phenoxy) is 1. The van der Waals surface area contributed by atoms with E-state index in [0.717, 1.165) is 45.0 Å². The fourth-order valence-corrected chi connectivity index (χ4v) is 4.06. The van der Waals surface area contributed by atoms with Gasteiger partial charge in [-0.25, -0.2) is 0 Å². The third-order valence-corrected chi connectivity index (χ3v) is 5.15. The van der Waals surface area contributed by atoms with Crippen molar-refractivity contribution in [2.45, 2.75) is 51.2 Å². The van der Waals surface area contributed by atoms with Gasteiger partial charge in [0, 0.05) is 19.7 Å². The topological polar surface area (TPSA) is 41.6 Å². The maximum atomic E-state index is 12.7. The van der Waals surface area contributed by atoms with Gasteiger partial charge < -0.3 is 15.0 Å². The van der Waals surface area contributed by atoms with Gasteiger partial charge in [-0.2, -0.15) is 0 Å². The fourth-order valence-electron chi connectivity index (χ4n) is 4.06. The van der Waals surface area contributed by atoms with Gasteiger partial charge in [-0.3, -0.25) is 4.79 Å². The van der Waals surface area contributed by atoms with E-state index in [-0.39, 0.29) is 12.1 Å². The molecule has 0 aromatic heterocycles. The Balaban J connectivity index is 1.60. The van der Waals surface area contributed by atoms with Crippen molar-refractivity contribution in [2.75, 3.05) is 26.2 Å². The van der Waals surface area contributed by atoms with Crippen LogP contribution in [-0.2, 0) is 9.53 Å². The van der Waals surface area contributed by atoms with E-state index in [2.05, 4.69) is 12.2 Å². The first-order valence-corrected chi connectivity index (χ1v) is 7.93. The minimum absolute atomic E-state index is 0.0776. The SMILES string of the molecule is CCN(CC1CCCO1)C(=O)C1NCC2CCCC21. The molecule has 108 valence electrons. The van der Waals surface area contributed by atoms with Gasteiger partial charge in [0.2, 0.25) is 5.91 Å². The van der Waals surface area contributed by atoms with Crippen LogP contribution in [0.5, 0.6) is 0 Å². The number of carbonyl (C=O) groups is 1.